The molecule has 0 spiro atoms. The number of aliphatic hydroxyl groups excluding tert-OH is 1. The van der Waals surface area contributed by atoms with E-state index >= 15 is 0 Å². The number of halogens is 1. The fraction of sp³-hybridized carbons (Fsp3) is 0.0714. The van der Waals surface area contributed by atoms with Crippen molar-refractivity contribution in [2.24, 2.45) is 0 Å². The Morgan fingerprint density at radius 3 is 2.89 bits per heavy atom. The van der Waals surface area contributed by atoms with Crippen LogP contribution in [0.5, 0.6) is 0 Å². The standard InChI is InChI=1S/C14H10FNO2S/c15-11-5-1-2-6-12(11)16-14(18)13-10(4-3-8-17)7-9-19-13/h1-2,5-7,9,17H,8H2,(H,16,18). The summed E-state index contributed by atoms with van der Waals surface area (Å²) in [4.78, 5) is 12.4. The first kappa shape index (κ1) is 13.3. The summed E-state index contributed by atoms with van der Waals surface area (Å²) in [5.41, 5.74) is 0.648. The normalized spacial score (nSPS) is 9.58. The van der Waals surface area contributed by atoms with Gasteiger partial charge in [0.1, 0.15) is 17.3 Å². The van der Waals surface area contributed by atoms with Crippen LogP contribution in [0.2, 0.25) is 0 Å². The monoisotopic (exact) mass is 275 g/mol. The van der Waals surface area contributed by atoms with E-state index in [1.807, 2.05) is 0 Å². The Labute approximate surface area is 113 Å². The Balaban J connectivity index is 2.22. The van der Waals surface area contributed by atoms with Crippen LogP contribution in [0.25, 0.3) is 0 Å². The molecule has 0 saturated carbocycles. The first-order valence-corrected chi connectivity index (χ1v) is 6.33. The summed E-state index contributed by atoms with van der Waals surface area (Å²) >= 11 is 1.21. The highest BCUT2D eigenvalue weighted by atomic mass is 32.1. The average Bonchev–Trinajstić information content (AvgIpc) is 2.87. The molecule has 1 amide bonds. The summed E-state index contributed by atoms with van der Waals surface area (Å²) in [6, 6.07) is 7.63. The highest BCUT2D eigenvalue weighted by molar-refractivity contribution is 7.12. The molecule has 96 valence electrons. The number of carbonyl (C=O) groups excluding carboxylic acids is 1. The number of hydrogen-bond acceptors (Lipinski definition) is 3. The van der Waals surface area contributed by atoms with Gasteiger partial charge in [0.05, 0.1) is 5.69 Å². The molecular formula is C14H10FNO2S. The zero-order chi connectivity index (χ0) is 13.7. The van der Waals surface area contributed by atoms with E-state index in [2.05, 4.69) is 17.2 Å². The minimum atomic E-state index is -0.490. The van der Waals surface area contributed by atoms with Gasteiger partial charge in [0, 0.05) is 5.56 Å². The lowest BCUT2D eigenvalue weighted by molar-refractivity contribution is 0.103. The summed E-state index contributed by atoms with van der Waals surface area (Å²) in [5.74, 6) is 4.25. The number of benzene rings is 1. The Morgan fingerprint density at radius 1 is 1.37 bits per heavy atom. The SMILES string of the molecule is O=C(Nc1ccccc1F)c1sccc1C#CCO. The van der Waals surface area contributed by atoms with E-state index in [1.165, 1.54) is 23.5 Å². The third-order valence-corrected chi connectivity index (χ3v) is 3.21. The molecular weight excluding hydrogens is 265 g/mol. The largest absolute Gasteiger partial charge is 0.384 e. The quantitative estimate of drug-likeness (QED) is 0.827. The fourth-order valence-corrected chi connectivity index (χ4v) is 2.20. The van der Waals surface area contributed by atoms with E-state index in [-0.39, 0.29) is 12.3 Å². The molecule has 0 radical (unpaired) electrons. The molecule has 0 aliphatic heterocycles. The minimum absolute atomic E-state index is 0.127. The van der Waals surface area contributed by atoms with Crippen LogP contribution in [0.15, 0.2) is 35.7 Å². The van der Waals surface area contributed by atoms with Gasteiger partial charge < -0.3 is 10.4 Å². The maximum Gasteiger partial charge on any atom is 0.267 e. The van der Waals surface area contributed by atoms with Crippen LogP contribution in [0.1, 0.15) is 15.2 Å². The second kappa shape index (κ2) is 6.14. The smallest absolute Gasteiger partial charge is 0.267 e. The van der Waals surface area contributed by atoms with Gasteiger partial charge in [-0.3, -0.25) is 4.79 Å². The second-order valence-electron chi connectivity index (χ2n) is 3.56. The molecule has 0 atom stereocenters. The molecule has 0 aliphatic rings. The topological polar surface area (TPSA) is 49.3 Å². The van der Waals surface area contributed by atoms with Crippen molar-refractivity contribution in [3.63, 3.8) is 0 Å². The van der Waals surface area contributed by atoms with Gasteiger partial charge in [-0.1, -0.05) is 24.0 Å². The Morgan fingerprint density at radius 2 is 2.16 bits per heavy atom. The van der Waals surface area contributed by atoms with Gasteiger partial charge in [-0.05, 0) is 23.6 Å². The van der Waals surface area contributed by atoms with Crippen molar-refractivity contribution >= 4 is 22.9 Å². The molecule has 2 aromatic rings. The lowest BCUT2D eigenvalue weighted by Crippen LogP contribution is -2.12. The van der Waals surface area contributed by atoms with Crippen LogP contribution in [0.4, 0.5) is 10.1 Å². The zero-order valence-electron chi connectivity index (χ0n) is 9.81. The second-order valence-corrected chi connectivity index (χ2v) is 4.47. The predicted molar refractivity (Wildman–Crippen MR) is 72.6 cm³/mol. The van der Waals surface area contributed by atoms with E-state index in [9.17, 15) is 9.18 Å². The number of amides is 1. The van der Waals surface area contributed by atoms with Crippen molar-refractivity contribution in [1.82, 2.24) is 0 Å². The molecule has 0 bridgehead atoms. The molecule has 1 aromatic heterocycles. The lowest BCUT2D eigenvalue weighted by Gasteiger charge is -2.04. The zero-order valence-corrected chi connectivity index (χ0v) is 10.6. The number of carbonyl (C=O) groups is 1. The van der Waals surface area contributed by atoms with Crippen molar-refractivity contribution < 1.29 is 14.3 Å². The van der Waals surface area contributed by atoms with Gasteiger partial charge in [-0.2, -0.15) is 0 Å². The van der Waals surface area contributed by atoms with E-state index in [4.69, 9.17) is 5.11 Å². The summed E-state index contributed by atoms with van der Waals surface area (Å²) in [6.07, 6.45) is 0. The van der Waals surface area contributed by atoms with Crippen LogP contribution in [0.3, 0.4) is 0 Å². The minimum Gasteiger partial charge on any atom is -0.384 e. The van der Waals surface area contributed by atoms with Crippen LogP contribution >= 0.6 is 11.3 Å². The Hall–Kier alpha value is -2.16. The predicted octanol–water partition coefficient (Wildman–Crippen LogP) is 2.48. The van der Waals surface area contributed by atoms with E-state index < -0.39 is 11.7 Å². The summed E-state index contributed by atoms with van der Waals surface area (Å²) in [7, 11) is 0. The average molecular weight is 275 g/mol. The highest BCUT2D eigenvalue weighted by Crippen LogP contribution is 2.19. The van der Waals surface area contributed by atoms with Gasteiger partial charge in [-0.25, -0.2) is 4.39 Å². The molecule has 19 heavy (non-hydrogen) atoms. The number of thiophene rings is 1. The Bertz CT molecular complexity index is 655. The van der Waals surface area contributed by atoms with Crippen molar-refractivity contribution in [2.75, 3.05) is 11.9 Å². The highest BCUT2D eigenvalue weighted by Gasteiger charge is 2.13. The number of nitrogens with one attached hydrogen (secondary N) is 1. The molecule has 5 heteroatoms. The number of hydrogen-bond donors (Lipinski definition) is 2. The Kier molecular flexibility index (Phi) is 4.29. The molecule has 1 aromatic carbocycles. The van der Waals surface area contributed by atoms with Crippen molar-refractivity contribution in [1.29, 1.82) is 0 Å². The number of para-hydroxylation sites is 1. The van der Waals surface area contributed by atoms with Gasteiger partial charge in [0.25, 0.3) is 5.91 Å². The number of anilines is 1. The molecule has 2 rings (SSSR count). The summed E-state index contributed by atoms with van der Waals surface area (Å²) in [6.45, 7) is -0.274. The van der Waals surface area contributed by atoms with E-state index in [1.54, 1.807) is 23.6 Å². The molecule has 0 fully saturated rings. The third kappa shape index (κ3) is 3.19. The van der Waals surface area contributed by atoms with Gasteiger partial charge >= 0.3 is 0 Å². The lowest BCUT2D eigenvalue weighted by atomic mass is 10.2. The maximum atomic E-state index is 13.4. The number of rotatable bonds is 2. The maximum absolute atomic E-state index is 13.4. The van der Waals surface area contributed by atoms with Crippen LogP contribution in [-0.2, 0) is 0 Å². The first-order chi connectivity index (χ1) is 9.22. The number of aliphatic hydroxyl groups is 1. The van der Waals surface area contributed by atoms with Crippen molar-refractivity contribution in [3.8, 4) is 11.8 Å². The molecule has 0 aliphatic carbocycles. The van der Waals surface area contributed by atoms with Gasteiger partial charge in [-0.15, -0.1) is 11.3 Å². The van der Waals surface area contributed by atoms with E-state index in [0.29, 0.717) is 10.4 Å². The molecule has 2 N–H and O–H groups in total. The molecule has 0 saturated heterocycles. The third-order valence-electron chi connectivity index (χ3n) is 2.30. The summed E-state index contributed by atoms with van der Waals surface area (Å²) in [5, 5.41) is 12.9. The molecule has 3 nitrogen and oxygen atoms in total. The van der Waals surface area contributed by atoms with Crippen LogP contribution < -0.4 is 5.32 Å². The first-order valence-electron chi connectivity index (χ1n) is 5.45. The fourth-order valence-electron chi connectivity index (χ4n) is 1.46. The molecule has 0 unspecified atom stereocenters. The van der Waals surface area contributed by atoms with Gasteiger partial charge in [0.2, 0.25) is 0 Å². The van der Waals surface area contributed by atoms with Crippen LogP contribution in [-0.4, -0.2) is 17.6 Å². The van der Waals surface area contributed by atoms with E-state index in [0.717, 1.165) is 0 Å². The van der Waals surface area contributed by atoms with Crippen LogP contribution in [0, 0.1) is 17.7 Å². The van der Waals surface area contributed by atoms with Crippen molar-refractivity contribution in [2.45, 2.75) is 0 Å². The molecule has 1 heterocycles. The van der Waals surface area contributed by atoms with Gasteiger partial charge in [0.15, 0.2) is 0 Å². The van der Waals surface area contributed by atoms with Crippen molar-refractivity contribution in [3.05, 3.63) is 52.0 Å². The summed E-state index contributed by atoms with van der Waals surface area (Å²) < 4.78 is 13.4.